The molecule has 3 rings (SSSR count). The molecule has 0 atom stereocenters. The van der Waals surface area contributed by atoms with Gasteiger partial charge in [-0.25, -0.2) is 0 Å². The van der Waals surface area contributed by atoms with Crippen molar-refractivity contribution < 1.29 is 0 Å². The Morgan fingerprint density at radius 3 is 1.57 bits per heavy atom. The van der Waals surface area contributed by atoms with Gasteiger partial charge in [0.25, 0.3) is 0 Å². The largest absolute Gasteiger partial charge is 0.103 e. The normalized spacial score (nSPS) is 9.46. The van der Waals surface area contributed by atoms with Crippen molar-refractivity contribution in [2.24, 2.45) is 0 Å². The van der Waals surface area contributed by atoms with Crippen LogP contribution in [0, 0.1) is 0 Å². The lowest BCUT2D eigenvalue weighted by atomic mass is 10.1. The van der Waals surface area contributed by atoms with Crippen LogP contribution in [0.2, 0.25) is 0 Å². The van der Waals surface area contributed by atoms with Crippen LogP contribution in [0.3, 0.4) is 0 Å². The highest BCUT2D eigenvalue weighted by Gasteiger charge is 1.92. The first-order valence-corrected chi connectivity index (χ1v) is 10.6. The Kier molecular flexibility index (Phi) is 13.7. The predicted molar refractivity (Wildman–Crippen MR) is 130 cm³/mol. The molecule has 0 aliphatic heterocycles. The summed E-state index contributed by atoms with van der Waals surface area (Å²) < 4.78 is 0. The average molecular weight is 387 g/mol. The molecule has 0 saturated carbocycles. The van der Waals surface area contributed by atoms with Crippen molar-refractivity contribution in [2.45, 2.75) is 19.8 Å². The Labute approximate surface area is 173 Å². The molecule has 0 unspecified atom stereocenters. The summed E-state index contributed by atoms with van der Waals surface area (Å²) in [6, 6.07) is 31.7. The lowest BCUT2D eigenvalue weighted by Gasteiger charge is -2.00. The summed E-state index contributed by atoms with van der Waals surface area (Å²) in [5.74, 6) is 0. The van der Waals surface area contributed by atoms with Gasteiger partial charge in [0, 0.05) is 0 Å². The summed E-state index contributed by atoms with van der Waals surface area (Å²) in [5, 5.41) is 2.79. The van der Waals surface area contributed by atoms with Crippen LogP contribution in [0.4, 0.5) is 0 Å². The third-order valence-electron chi connectivity index (χ3n) is 3.55. The first-order chi connectivity index (χ1) is 13.8. The summed E-state index contributed by atoms with van der Waals surface area (Å²) in [5.41, 5.74) is 1.39. The van der Waals surface area contributed by atoms with Gasteiger partial charge in [-0.1, -0.05) is 130 Å². The number of hydrogen-bond donors (Lipinski definition) is 0. The minimum Gasteiger partial charge on any atom is -0.103 e. The van der Waals surface area contributed by atoms with Crippen molar-refractivity contribution >= 4 is 19.2 Å². The Bertz CT molecular complexity index is 737. The molecule has 0 bridgehead atoms. The maximum Gasteiger partial charge on any atom is -0.0226 e. The monoisotopic (exact) mass is 386 g/mol. The van der Waals surface area contributed by atoms with E-state index in [1.165, 1.54) is 16.2 Å². The second kappa shape index (κ2) is 16.5. The highest BCUT2D eigenvalue weighted by atomic mass is 31.1. The van der Waals surface area contributed by atoms with Crippen molar-refractivity contribution in [3.63, 3.8) is 0 Å². The zero-order valence-electron chi connectivity index (χ0n) is 16.8. The van der Waals surface area contributed by atoms with Crippen LogP contribution in [-0.2, 0) is 6.42 Å². The summed E-state index contributed by atoms with van der Waals surface area (Å²) >= 11 is 0. The Morgan fingerprint density at radius 2 is 1.14 bits per heavy atom. The van der Waals surface area contributed by atoms with Crippen LogP contribution in [0.5, 0.6) is 0 Å². The first-order valence-electron chi connectivity index (χ1n) is 9.55. The lowest BCUT2D eigenvalue weighted by Crippen LogP contribution is -2.01. The third-order valence-corrected chi connectivity index (χ3v) is 4.79. The minimum absolute atomic E-state index is 0.777. The van der Waals surface area contributed by atoms with E-state index in [2.05, 4.69) is 104 Å². The third kappa shape index (κ3) is 11.8. The fourth-order valence-corrected chi connectivity index (χ4v) is 3.35. The van der Waals surface area contributed by atoms with E-state index >= 15 is 0 Å². The van der Waals surface area contributed by atoms with Gasteiger partial charge in [0.1, 0.15) is 0 Å². The van der Waals surface area contributed by atoms with Gasteiger partial charge < -0.3 is 0 Å². The Balaban J connectivity index is 0.000000247. The van der Waals surface area contributed by atoms with E-state index in [0.29, 0.717) is 0 Å². The number of allylic oxidation sites excluding steroid dienone is 4. The van der Waals surface area contributed by atoms with E-state index in [1.807, 2.05) is 25.1 Å². The van der Waals surface area contributed by atoms with E-state index in [1.54, 1.807) is 6.08 Å². The molecule has 144 valence electrons. The van der Waals surface area contributed by atoms with Gasteiger partial charge in [-0.15, -0.1) is 6.58 Å². The maximum absolute atomic E-state index is 3.62. The maximum atomic E-state index is 3.62. The van der Waals surface area contributed by atoms with Crippen molar-refractivity contribution in [2.75, 3.05) is 0 Å². The average Bonchev–Trinajstić information content (AvgIpc) is 2.75. The van der Waals surface area contributed by atoms with Crippen molar-refractivity contribution in [3.05, 3.63) is 134 Å². The summed E-state index contributed by atoms with van der Waals surface area (Å²) in [6.07, 6.45) is 9.90. The van der Waals surface area contributed by atoms with Crippen LogP contribution in [0.1, 0.15) is 18.9 Å². The standard InChI is InChI=1S/C12H11P.C12H14.C3H6/c1-3-7-11(8-4-1)13-12-9-5-2-6-10-12;1-2-3-4-6-9-12-10-7-5-8-11-12;1-3-2/h1-10,13H;2-5,7-8,10-11H,1,6,9H2;3H,1H2,2H3/b;4-3-;. The van der Waals surface area contributed by atoms with Crippen molar-refractivity contribution in [1.82, 2.24) is 0 Å². The molecule has 0 aliphatic carbocycles. The molecule has 0 fully saturated rings. The fourth-order valence-electron chi connectivity index (χ4n) is 2.30. The van der Waals surface area contributed by atoms with E-state index in [-0.39, 0.29) is 0 Å². The molecular formula is C27H31P. The van der Waals surface area contributed by atoms with Crippen LogP contribution in [-0.4, -0.2) is 0 Å². The van der Waals surface area contributed by atoms with Crippen LogP contribution < -0.4 is 10.6 Å². The highest BCUT2D eigenvalue weighted by Crippen LogP contribution is 2.08. The predicted octanol–water partition coefficient (Wildman–Crippen LogP) is 6.87. The quantitative estimate of drug-likeness (QED) is 0.246. The number of hydrogen-bond acceptors (Lipinski definition) is 0. The zero-order valence-corrected chi connectivity index (χ0v) is 17.8. The molecule has 0 nitrogen and oxygen atoms in total. The van der Waals surface area contributed by atoms with Crippen LogP contribution in [0.25, 0.3) is 0 Å². The van der Waals surface area contributed by atoms with Gasteiger partial charge in [-0.05, 0) is 35.9 Å². The van der Waals surface area contributed by atoms with E-state index in [9.17, 15) is 0 Å². The number of aryl methyl sites for hydroxylation is 1. The minimum atomic E-state index is 0.777. The van der Waals surface area contributed by atoms with Crippen LogP contribution >= 0.6 is 8.58 Å². The number of rotatable bonds is 6. The molecule has 1 heteroatoms. The number of benzene rings is 3. The van der Waals surface area contributed by atoms with Gasteiger partial charge in [0.05, 0.1) is 0 Å². The lowest BCUT2D eigenvalue weighted by molar-refractivity contribution is 1.00. The molecule has 0 N–H and O–H groups in total. The van der Waals surface area contributed by atoms with Crippen molar-refractivity contribution in [1.29, 1.82) is 0 Å². The molecule has 3 aromatic rings. The zero-order chi connectivity index (χ0) is 20.3. The highest BCUT2D eigenvalue weighted by molar-refractivity contribution is 7.55. The van der Waals surface area contributed by atoms with Crippen LogP contribution in [0.15, 0.2) is 128 Å². The molecular weight excluding hydrogens is 355 g/mol. The SMILES string of the molecule is C=C/C=C\CCc1ccccc1.C=CC.c1ccc(Pc2ccccc2)cc1. The smallest absolute Gasteiger partial charge is 0.0226 e. The van der Waals surface area contributed by atoms with Gasteiger partial charge >= 0.3 is 0 Å². The molecule has 0 spiro atoms. The van der Waals surface area contributed by atoms with Gasteiger partial charge in [0.15, 0.2) is 0 Å². The van der Waals surface area contributed by atoms with E-state index in [4.69, 9.17) is 0 Å². The Morgan fingerprint density at radius 1 is 0.714 bits per heavy atom. The molecule has 0 aliphatic rings. The second-order valence-corrected chi connectivity index (χ2v) is 7.36. The van der Waals surface area contributed by atoms with E-state index in [0.717, 1.165) is 21.4 Å². The second-order valence-electron chi connectivity index (χ2n) is 5.95. The van der Waals surface area contributed by atoms with E-state index < -0.39 is 0 Å². The molecule has 0 radical (unpaired) electrons. The molecule has 0 saturated heterocycles. The topological polar surface area (TPSA) is 0 Å². The summed E-state index contributed by atoms with van der Waals surface area (Å²) in [6.45, 7) is 8.87. The summed E-state index contributed by atoms with van der Waals surface area (Å²) in [7, 11) is 0.777. The molecule has 3 aromatic carbocycles. The molecule has 28 heavy (non-hydrogen) atoms. The molecule has 0 aromatic heterocycles. The first kappa shape index (κ1) is 23.3. The van der Waals surface area contributed by atoms with Gasteiger partial charge in [0.2, 0.25) is 0 Å². The molecule has 0 heterocycles. The van der Waals surface area contributed by atoms with Gasteiger partial charge in [-0.3, -0.25) is 0 Å². The molecule has 0 amide bonds. The van der Waals surface area contributed by atoms with Crippen molar-refractivity contribution in [3.8, 4) is 0 Å². The van der Waals surface area contributed by atoms with Gasteiger partial charge in [-0.2, -0.15) is 0 Å². The summed E-state index contributed by atoms with van der Waals surface area (Å²) in [4.78, 5) is 0. The Hall–Kier alpha value is -2.69. The fraction of sp³-hybridized carbons (Fsp3) is 0.111.